The van der Waals surface area contributed by atoms with Crippen molar-refractivity contribution in [3.05, 3.63) is 100 Å². The summed E-state index contributed by atoms with van der Waals surface area (Å²) >= 11 is 0. The number of rotatable bonds is 13. The Morgan fingerprint density at radius 3 is 2.31 bits per heavy atom. The first-order valence-corrected chi connectivity index (χ1v) is 14.4. The number of para-hydroxylation sites is 2. The summed E-state index contributed by atoms with van der Waals surface area (Å²) in [5, 5.41) is 14.1. The fourth-order valence-corrected chi connectivity index (χ4v) is 5.20. The van der Waals surface area contributed by atoms with Crippen LogP contribution in [-0.2, 0) is 12.8 Å². The van der Waals surface area contributed by atoms with E-state index in [0.717, 1.165) is 35.5 Å². The first kappa shape index (κ1) is 30.8. The van der Waals surface area contributed by atoms with E-state index >= 15 is 0 Å². The molecule has 1 aromatic heterocycles. The van der Waals surface area contributed by atoms with Gasteiger partial charge in [0.1, 0.15) is 17.5 Å². The van der Waals surface area contributed by atoms with Gasteiger partial charge in [0.05, 0.1) is 23.2 Å². The Kier molecular flexibility index (Phi) is 10.4. The number of aromatic amines is 1. The molecule has 0 bridgehead atoms. The van der Waals surface area contributed by atoms with Crippen LogP contribution in [-0.4, -0.2) is 57.0 Å². The molecule has 3 aromatic carbocycles. The van der Waals surface area contributed by atoms with E-state index in [-0.39, 0.29) is 24.3 Å². The second kappa shape index (κ2) is 14.2. The first-order valence-electron chi connectivity index (χ1n) is 14.4. The molecule has 2 unspecified atom stereocenters. The van der Waals surface area contributed by atoms with Crippen LogP contribution >= 0.6 is 0 Å². The van der Waals surface area contributed by atoms with Crippen molar-refractivity contribution in [2.24, 2.45) is 0 Å². The summed E-state index contributed by atoms with van der Waals surface area (Å²) in [5.41, 5.74) is 3.41. The van der Waals surface area contributed by atoms with Crippen LogP contribution in [0.25, 0.3) is 11.0 Å². The maximum absolute atomic E-state index is 14.0. The van der Waals surface area contributed by atoms with E-state index < -0.39 is 29.7 Å². The number of nitrogens with one attached hydrogen (secondary N) is 2. The molecule has 0 spiro atoms. The van der Waals surface area contributed by atoms with Gasteiger partial charge in [0, 0.05) is 36.7 Å². The molecule has 0 radical (unpaired) electrons. The van der Waals surface area contributed by atoms with Gasteiger partial charge in [-0.2, -0.15) is 0 Å². The van der Waals surface area contributed by atoms with Crippen LogP contribution in [0.5, 0.6) is 0 Å². The van der Waals surface area contributed by atoms with E-state index in [9.17, 15) is 23.5 Å². The lowest BCUT2D eigenvalue weighted by Gasteiger charge is -2.25. The topological polar surface area (TPSA) is 98.3 Å². The number of hydrogen-bond donors (Lipinski definition) is 3. The Morgan fingerprint density at radius 1 is 0.976 bits per heavy atom. The second-order valence-electron chi connectivity index (χ2n) is 10.7. The first-order chi connectivity index (χ1) is 20.2. The molecule has 0 aliphatic heterocycles. The maximum Gasteiger partial charge on any atom is 0.253 e. The SMILES string of the molecule is CCCN(CCC)C(=O)c1cc(C)cc(C(=O)NC(Cc2cc(F)cc(F)c2)C(O)CCc2nc3ccccc3[nH]2)c1. The number of hydrogen-bond acceptors (Lipinski definition) is 4. The number of aryl methyl sites for hydroxylation is 2. The lowest BCUT2D eigenvalue weighted by atomic mass is 9.97. The number of H-pyrrole nitrogens is 1. The van der Waals surface area contributed by atoms with Crippen LogP contribution in [0.4, 0.5) is 8.78 Å². The molecule has 222 valence electrons. The zero-order valence-corrected chi connectivity index (χ0v) is 24.3. The molecular formula is C33H38F2N4O3. The molecule has 0 saturated carbocycles. The molecule has 42 heavy (non-hydrogen) atoms. The molecule has 0 fully saturated rings. The zero-order chi connectivity index (χ0) is 30.2. The highest BCUT2D eigenvalue weighted by molar-refractivity contribution is 6.00. The molecule has 0 aliphatic rings. The quantitative estimate of drug-likeness (QED) is 0.189. The number of aromatic nitrogens is 2. The summed E-state index contributed by atoms with van der Waals surface area (Å²) in [7, 11) is 0. The summed E-state index contributed by atoms with van der Waals surface area (Å²) < 4.78 is 28.0. The van der Waals surface area contributed by atoms with Crippen molar-refractivity contribution in [2.75, 3.05) is 13.1 Å². The number of aliphatic hydroxyl groups is 1. The summed E-state index contributed by atoms with van der Waals surface area (Å²) in [6.07, 6.45) is 1.22. The Morgan fingerprint density at radius 2 is 1.64 bits per heavy atom. The highest BCUT2D eigenvalue weighted by Crippen LogP contribution is 2.18. The van der Waals surface area contributed by atoms with Gasteiger partial charge in [0.15, 0.2) is 0 Å². The summed E-state index contributed by atoms with van der Waals surface area (Å²) in [6, 6.07) is 14.9. The van der Waals surface area contributed by atoms with E-state index in [0.29, 0.717) is 36.5 Å². The van der Waals surface area contributed by atoms with Crippen LogP contribution in [0.1, 0.15) is 70.8 Å². The van der Waals surface area contributed by atoms with Crippen molar-refractivity contribution < 1.29 is 23.5 Å². The number of nitrogens with zero attached hydrogens (tertiary/aromatic N) is 2. The fraction of sp³-hybridized carbons (Fsp3) is 0.364. The molecule has 3 N–H and O–H groups in total. The molecule has 1 heterocycles. The summed E-state index contributed by atoms with van der Waals surface area (Å²) in [6.45, 7) is 7.06. The number of amides is 2. The van der Waals surface area contributed by atoms with Gasteiger partial charge < -0.3 is 20.3 Å². The molecule has 0 aliphatic carbocycles. The molecule has 4 rings (SSSR count). The third-order valence-corrected chi connectivity index (χ3v) is 7.13. The Bertz CT molecular complexity index is 1480. The van der Waals surface area contributed by atoms with E-state index in [2.05, 4.69) is 15.3 Å². The predicted octanol–water partition coefficient (Wildman–Crippen LogP) is 5.75. The summed E-state index contributed by atoms with van der Waals surface area (Å²) in [5.74, 6) is -1.43. The number of imidazole rings is 1. The third kappa shape index (κ3) is 8.00. The second-order valence-corrected chi connectivity index (χ2v) is 10.7. The Hall–Kier alpha value is -4.11. The third-order valence-electron chi connectivity index (χ3n) is 7.13. The van der Waals surface area contributed by atoms with Gasteiger partial charge in [-0.15, -0.1) is 0 Å². The number of carbonyl (C=O) groups is 2. The summed E-state index contributed by atoms with van der Waals surface area (Å²) in [4.78, 5) is 36.3. The fourth-order valence-electron chi connectivity index (χ4n) is 5.20. The number of fused-ring (bicyclic) bond motifs is 1. The lowest BCUT2D eigenvalue weighted by molar-refractivity contribution is 0.0755. The minimum Gasteiger partial charge on any atom is -0.391 e. The Labute approximate surface area is 245 Å². The van der Waals surface area contributed by atoms with Gasteiger partial charge in [-0.3, -0.25) is 9.59 Å². The van der Waals surface area contributed by atoms with E-state index in [4.69, 9.17) is 0 Å². The van der Waals surface area contributed by atoms with Crippen molar-refractivity contribution in [3.8, 4) is 0 Å². The van der Waals surface area contributed by atoms with Crippen molar-refractivity contribution in [3.63, 3.8) is 0 Å². The van der Waals surface area contributed by atoms with Crippen molar-refractivity contribution in [1.82, 2.24) is 20.2 Å². The van der Waals surface area contributed by atoms with Gasteiger partial charge in [0.2, 0.25) is 0 Å². The average Bonchev–Trinajstić information content (AvgIpc) is 3.37. The van der Waals surface area contributed by atoms with Gasteiger partial charge in [0.25, 0.3) is 11.8 Å². The molecule has 2 amide bonds. The van der Waals surface area contributed by atoms with Crippen LogP contribution in [0.2, 0.25) is 0 Å². The highest BCUT2D eigenvalue weighted by atomic mass is 19.1. The largest absolute Gasteiger partial charge is 0.391 e. The van der Waals surface area contributed by atoms with Crippen LogP contribution in [0, 0.1) is 18.6 Å². The van der Waals surface area contributed by atoms with E-state index in [1.165, 1.54) is 12.1 Å². The van der Waals surface area contributed by atoms with E-state index in [1.54, 1.807) is 23.1 Å². The standard InChI is InChI=1S/C33H38F2N4O3/c1-4-12-39(13-5-2)33(42)24-15-21(3)14-23(19-24)32(41)38-29(18-22-16-25(34)20-26(35)17-22)30(40)10-11-31-36-27-8-6-7-9-28(27)37-31/h6-9,14-17,19-20,29-30,40H,4-5,10-13,18H2,1-3H3,(H,36,37)(H,38,41). The number of benzene rings is 3. The van der Waals surface area contributed by atoms with Crippen molar-refractivity contribution >= 4 is 22.8 Å². The minimum absolute atomic E-state index is 0.0000974. The minimum atomic E-state index is -1.05. The van der Waals surface area contributed by atoms with Crippen molar-refractivity contribution in [2.45, 2.75) is 65.0 Å². The van der Waals surface area contributed by atoms with Gasteiger partial charge in [-0.25, -0.2) is 13.8 Å². The Balaban J connectivity index is 1.55. The van der Waals surface area contributed by atoms with Crippen LogP contribution in [0.3, 0.4) is 0 Å². The van der Waals surface area contributed by atoms with Gasteiger partial charge >= 0.3 is 0 Å². The van der Waals surface area contributed by atoms with Crippen LogP contribution < -0.4 is 5.32 Å². The molecule has 2 atom stereocenters. The zero-order valence-electron chi connectivity index (χ0n) is 24.3. The predicted molar refractivity (Wildman–Crippen MR) is 159 cm³/mol. The molecule has 9 heteroatoms. The lowest BCUT2D eigenvalue weighted by Crippen LogP contribution is -2.45. The monoisotopic (exact) mass is 576 g/mol. The smallest absolute Gasteiger partial charge is 0.253 e. The number of halogens is 2. The van der Waals surface area contributed by atoms with Crippen molar-refractivity contribution in [1.29, 1.82) is 0 Å². The average molecular weight is 577 g/mol. The number of aliphatic hydroxyl groups excluding tert-OH is 1. The normalized spacial score (nSPS) is 12.7. The number of carbonyl (C=O) groups excluding carboxylic acids is 2. The molecule has 0 saturated heterocycles. The maximum atomic E-state index is 14.0. The molecular weight excluding hydrogens is 538 g/mol. The highest BCUT2D eigenvalue weighted by Gasteiger charge is 2.25. The molecule has 7 nitrogen and oxygen atoms in total. The van der Waals surface area contributed by atoms with Gasteiger partial charge in [-0.1, -0.05) is 26.0 Å². The van der Waals surface area contributed by atoms with Gasteiger partial charge in [-0.05, 0) is 86.2 Å². The molecule has 4 aromatic rings. The van der Waals surface area contributed by atoms with E-state index in [1.807, 2.05) is 45.0 Å². The van der Waals surface area contributed by atoms with Crippen LogP contribution in [0.15, 0.2) is 60.7 Å².